The van der Waals surface area contributed by atoms with E-state index >= 15 is 4.57 Å². The Kier molecular flexibility index (Phi) is 7.39. The maximum Gasteiger partial charge on any atom is 0.534 e. The number of fused-ring (bicyclic) bond motifs is 2. The van der Waals surface area contributed by atoms with Crippen molar-refractivity contribution in [1.29, 1.82) is 0 Å². The molecule has 0 radical (unpaired) electrons. The number of rotatable bonds is 6. The predicted molar refractivity (Wildman–Crippen MR) is 171 cm³/mol. The Morgan fingerprint density at radius 3 is 1.55 bits per heavy atom. The van der Waals surface area contributed by atoms with Gasteiger partial charge in [-0.15, -0.1) is 0 Å². The van der Waals surface area contributed by atoms with E-state index in [2.05, 4.69) is 0 Å². The molecule has 6 aromatic carbocycles. The quantitative estimate of drug-likeness (QED) is 0.106. The van der Waals surface area contributed by atoms with E-state index in [0.717, 1.165) is 16.5 Å². The van der Waals surface area contributed by atoms with E-state index in [9.17, 15) is 21.6 Å². The highest BCUT2D eigenvalue weighted by molar-refractivity contribution is 7.88. The molecule has 0 atom stereocenters. The fourth-order valence-corrected chi connectivity index (χ4v) is 8.76. The fourth-order valence-electron chi connectivity index (χ4n) is 5.47. The molecule has 0 aromatic heterocycles. The third-order valence-electron chi connectivity index (χ3n) is 7.67. The van der Waals surface area contributed by atoms with Gasteiger partial charge in [0.25, 0.3) is 0 Å². The molecule has 9 heteroatoms. The Bertz CT molecular complexity index is 2140. The van der Waals surface area contributed by atoms with Crippen molar-refractivity contribution >= 4 is 54.7 Å². The molecule has 0 N–H and O–H groups in total. The van der Waals surface area contributed by atoms with Crippen LogP contribution in [0.15, 0.2) is 121 Å². The Morgan fingerprint density at radius 2 is 1.05 bits per heavy atom. The molecule has 222 valence electrons. The van der Waals surface area contributed by atoms with E-state index in [1.165, 1.54) is 12.1 Å². The van der Waals surface area contributed by atoms with Gasteiger partial charge in [0, 0.05) is 27.0 Å². The fraction of sp³-hybridized carbons (Fsp3) is 0.0857. The minimum atomic E-state index is -6.03. The highest BCUT2D eigenvalue weighted by Gasteiger charge is 2.49. The summed E-state index contributed by atoms with van der Waals surface area (Å²) < 4.78 is 86.4. The summed E-state index contributed by atoms with van der Waals surface area (Å²) in [5.74, 6) is -0.516. The zero-order valence-corrected chi connectivity index (χ0v) is 25.4. The first-order valence-electron chi connectivity index (χ1n) is 13.7. The average Bonchev–Trinajstić information content (AvgIpc) is 3.00. The van der Waals surface area contributed by atoms with Crippen molar-refractivity contribution in [2.45, 2.75) is 19.4 Å². The normalized spacial score (nSPS) is 12.5. The van der Waals surface area contributed by atoms with Gasteiger partial charge in [-0.1, -0.05) is 120 Å². The minimum absolute atomic E-state index is 0.0992. The Hall–Kier alpha value is -4.39. The lowest BCUT2D eigenvalue weighted by Gasteiger charge is -2.26. The molecule has 6 aromatic rings. The first kappa shape index (κ1) is 29.7. The molecular weight excluding hydrogens is 604 g/mol. The van der Waals surface area contributed by atoms with Crippen LogP contribution in [0.2, 0.25) is 0 Å². The molecule has 0 fully saturated rings. The van der Waals surface area contributed by atoms with Gasteiger partial charge < -0.3 is 8.75 Å². The summed E-state index contributed by atoms with van der Waals surface area (Å²) in [5.41, 5.74) is -3.30. The molecule has 0 bridgehead atoms. The zero-order valence-electron chi connectivity index (χ0n) is 23.7. The SMILES string of the molecule is Cc1ccc(P(=O)(c2ccc(C)cc2)c2ccc3ccccc3c2-c2c(OS(=O)(=O)C(F)(F)F)ccc3ccccc23)cc1. The monoisotopic (exact) mass is 630 g/mol. The number of benzene rings is 6. The van der Waals surface area contributed by atoms with Crippen molar-refractivity contribution in [2.75, 3.05) is 0 Å². The standard InChI is InChI=1S/C35H26F3O4PS/c1-23-11-17-27(18-12-23)43(39,28-19-13-24(2)14-20-28)32-22-16-26-8-4-6-10-30(26)34(32)33-29-9-5-3-7-25(29)15-21-31(33)42-44(40,41)35(36,37)38/h3-22H,1-2H3. The van der Waals surface area contributed by atoms with Gasteiger partial charge in [0.15, 0.2) is 12.9 Å². The van der Waals surface area contributed by atoms with Crippen LogP contribution in [0.4, 0.5) is 13.2 Å². The van der Waals surface area contributed by atoms with E-state index in [-0.39, 0.29) is 5.56 Å². The lowest BCUT2D eigenvalue weighted by atomic mass is 9.93. The number of hydrogen-bond donors (Lipinski definition) is 0. The summed E-state index contributed by atoms with van der Waals surface area (Å²) in [6.45, 7) is 3.84. The number of alkyl halides is 3. The van der Waals surface area contributed by atoms with Gasteiger partial charge in [-0.3, -0.25) is 0 Å². The third kappa shape index (κ3) is 5.08. The molecule has 0 amide bonds. The molecule has 0 unspecified atom stereocenters. The van der Waals surface area contributed by atoms with E-state index in [4.69, 9.17) is 4.18 Å². The summed E-state index contributed by atoms with van der Waals surface area (Å²) in [4.78, 5) is 0. The molecule has 0 heterocycles. The maximum atomic E-state index is 15.8. The lowest BCUT2D eigenvalue weighted by Crippen LogP contribution is -2.29. The Morgan fingerprint density at radius 1 is 0.591 bits per heavy atom. The Labute approximate surface area is 253 Å². The van der Waals surface area contributed by atoms with Crippen LogP contribution < -0.4 is 20.1 Å². The van der Waals surface area contributed by atoms with Gasteiger partial charge in [-0.05, 0) is 47.5 Å². The first-order chi connectivity index (χ1) is 20.9. The summed E-state index contributed by atoms with van der Waals surface area (Å²) in [6.07, 6.45) is 0. The topological polar surface area (TPSA) is 60.4 Å². The molecule has 0 saturated heterocycles. The molecule has 0 saturated carbocycles. The van der Waals surface area contributed by atoms with E-state index < -0.39 is 28.5 Å². The third-order valence-corrected chi connectivity index (χ3v) is 11.7. The maximum absolute atomic E-state index is 15.8. The van der Waals surface area contributed by atoms with Crippen molar-refractivity contribution in [3.63, 3.8) is 0 Å². The van der Waals surface area contributed by atoms with Crippen LogP contribution in [-0.4, -0.2) is 13.9 Å². The highest BCUT2D eigenvalue weighted by Crippen LogP contribution is 2.50. The molecule has 0 aliphatic heterocycles. The second-order valence-electron chi connectivity index (χ2n) is 10.6. The van der Waals surface area contributed by atoms with Crippen LogP contribution in [0.3, 0.4) is 0 Å². The number of halogens is 3. The molecule has 6 rings (SSSR count). The second-order valence-corrected chi connectivity index (χ2v) is 14.9. The van der Waals surface area contributed by atoms with Gasteiger partial charge in [-0.25, -0.2) is 0 Å². The summed E-state index contributed by atoms with van der Waals surface area (Å²) >= 11 is 0. The van der Waals surface area contributed by atoms with E-state index in [1.807, 2.05) is 56.3 Å². The molecule has 0 spiro atoms. The van der Waals surface area contributed by atoms with Crippen molar-refractivity contribution in [3.05, 3.63) is 132 Å². The summed E-state index contributed by atoms with van der Waals surface area (Å²) in [5, 5.41) is 3.77. The van der Waals surface area contributed by atoms with Crippen LogP contribution in [0.25, 0.3) is 32.7 Å². The summed E-state index contributed by atoms with van der Waals surface area (Å²) in [7, 11) is -9.77. The first-order valence-corrected chi connectivity index (χ1v) is 16.8. The number of aryl methyl sites for hydroxylation is 2. The molecular formula is C35H26F3O4PS. The molecule has 0 aliphatic carbocycles. The van der Waals surface area contributed by atoms with Crippen LogP contribution >= 0.6 is 7.14 Å². The van der Waals surface area contributed by atoms with Gasteiger partial charge in [0.1, 0.15) is 0 Å². The average molecular weight is 631 g/mol. The van der Waals surface area contributed by atoms with Crippen molar-refractivity contribution in [2.24, 2.45) is 0 Å². The second kappa shape index (κ2) is 11.0. The Balaban J connectivity index is 1.80. The van der Waals surface area contributed by atoms with Crippen LogP contribution in [0.1, 0.15) is 11.1 Å². The minimum Gasteiger partial charge on any atom is -0.375 e. The predicted octanol–water partition coefficient (Wildman–Crippen LogP) is 8.14. The van der Waals surface area contributed by atoms with Crippen LogP contribution in [-0.2, 0) is 14.7 Å². The lowest BCUT2D eigenvalue weighted by molar-refractivity contribution is -0.0499. The molecule has 0 aliphatic rings. The van der Waals surface area contributed by atoms with Gasteiger partial charge in [0.2, 0.25) is 0 Å². The van der Waals surface area contributed by atoms with E-state index in [0.29, 0.717) is 37.6 Å². The van der Waals surface area contributed by atoms with Gasteiger partial charge in [-0.2, -0.15) is 21.6 Å². The van der Waals surface area contributed by atoms with Gasteiger partial charge in [0.05, 0.1) is 0 Å². The summed E-state index contributed by atoms with van der Waals surface area (Å²) in [6, 6.07) is 35.0. The largest absolute Gasteiger partial charge is 0.534 e. The molecule has 4 nitrogen and oxygen atoms in total. The van der Waals surface area contributed by atoms with Crippen molar-refractivity contribution in [1.82, 2.24) is 0 Å². The number of hydrogen-bond acceptors (Lipinski definition) is 4. The van der Waals surface area contributed by atoms with Crippen LogP contribution in [0.5, 0.6) is 5.75 Å². The van der Waals surface area contributed by atoms with Crippen molar-refractivity contribution in [3.8, 4) is 16.9 Å². The zero-order chi connectivity index (χ0) is 31.3. The van der Waals surface area contributed by atoms with Gasteiger partial charge >= 0.3 is 15.6 Å². The molecule has 44 heavy (non-hydrogen) atoms. The highest BCUT2D eigenvalue weighted by atomic mass is 32.2. The smallest absolute Gasteiger partial charge is 0.375 e. The van der Waals surface area contributed by atoms with E-state index in [1.54, 1.807) is 66.7 Å². The van der Waals surface area contributed by atoms with Crippen molar-refractivity contribution < 1.29 is 30.3 Å². The van der Waals surface area contributed by atoms with Crippen LogP contribution in [0, 0.1) is 13.8 Å².